The molecule has 8 heteroatoms. The second-order valence-electron chi connectivity index (χ2n) is 7.41. The van der Waals surface area contributed by atoms with Crippen LogP contribution < -0.4 is 10.1 Å². The topological polar surface area (TPSA) is 77.5 Å². The number of para-hydroxylation sites is 1. The zero-order chi connectivity index (χ0) is 24.1. The first-order valence-electron chi connectivity index (χ1n) is 10.7. The molecule has 0 atom stereocenters. The number of fused-ring (bicyclic) bond motifs is 1. The molecule has 0 saturated heterocycles. The van der Waals surface area contributed by atoms with E-state index in [9.17, 15) is 9.59 Å². The number of hydrogen-bond acceptors (Lipinski definition) is 7. The molecule has 4 aromatic rings. The molecule has 174 valence electrons. The number of thiophene rings is 1. The van der Waals surface area contributed by atoms with Gasteiger partial charge in [0.15, 0.2) is 0 Å². The molecule has 4 rings (SSSR count). The van der Waals surface area contributed by atoms with Crippen LogP contribution in [-0.2, 0) is 9.53 Å². The van der Waals surface area contributed by atoms with E-state index in [0.717, 1.165) is 31.9 Å². The number of esters is 1. The molecule has 0 aliphatic rings. The standard InChI is InChI=1S/C26H24N2O4S2/c1-4-32-26(30)19-14-21(17-9-6-5-7-10-17)34-25(19)27-22(29)15-33-23-13-16(2)18-11-8-12-20(31-3)24(18)28-23/h5-14H,4,15H2,1-3H3,(H,27,29). The van der Waals surface area contributed by atoms with Gasteiger partial charge in [-0.1, -0.05) is 54.2 Å². The molecule has 2 aromatic carbocycles. The zero-order valence-electron chi connectivity index (χ0n) is 19.1. The second-order valence-corrected chi connectivity index (χ2v) is 9.46. The SMILES string of the molecule is CCOC(=O)c1cc(-c2ccccc2)sc1NC(=O)CSc1cc(C)c2cccc(OC)c2n1. The van der Waals surface area contributed by atoms with E-state index < -0.39 is 5.97 Å². The second kappa shape index (κ2) is 10.7. The van der Waals surface area contributed by atoms with Crippen LogP contribution in [0.5, 0.6) is 5.75 Å². The van der Waals surface area contributed by atoms with Crippen LogP contribution in [0.2, 0.25) is 0 Å². The number of nitrogens with zero attached hydrogens (tertiary/aromatic N) is 1. The lowest BCUT2D eigenvalue weighted by atomic mass is 10.1. The number of carbonyl (C=O) groups is 2. The number of methoxy groups -OCH3 is 1. The summed E-state index contributed by atoms with van der Waals surface area (Å²) in [5, 5.41) is 5.11. The Labute approximate surface area is 206 Å². The lowest BCUT2D eigenvalue weighted by Crippen LogP contribution is -2.16. The van der Waals surface area contributed by atoms with Crippen molar-refractivity contribution >= 4 is 50.9 Å². The molecule has 1 N–H and O–H groups in total. The highest BCUT2D eigenvalue weighted by molar-refractivity contribution is 7.99. The quantitative estimate of drug-likeness (QED) is 0.233. The Kier molecular flexibility index (Phi) is 7.49. The van der Waals surface area contributed by atoms with Gasteiger partial charge < -0.3 is 14.8 Å². The summed E-state index contributed by atoms with van der Waals surface area (Å²) in [6.45, 7) is 4.02. The molecular formula is C26H24N2O4S2. The molecule has 2 heterocycles. The van der Waals surface area contributed by atoms with Gasteiger partial charge in [-0.05, 0) is 43.2 Å². The summed E-state index contributed by atoms with van der Waals surface area (Å²) in [7, 11) is 1.62. The van der Waals surface area contributed by atoms with Gasteiger partial charge in [0.1, 0.15) is 16.3 Å². The number of nitrogens with one attached hydrogen (secondary N) is 1. The Hall–Kier alpha value is -3.36. The van der Waals surface area contributed by atoms with Crippen molar-refractivity contribution in [2.45, 2.75) is 18.9 Å². The maximum atomic E-state index is 12.8. The van der Waals surface area contributed by atoms with E-state index in [4.69, 9.17) is 9.47 Å². The maximum Gasteiger partial charge on any atom is 0.341 e. The van der Waals surface area contributed by atoms with Gasteiger partial charge >= 0.3 is 5.97 Å². The number of rotatable bonds is 8. The van der Waals surface area contributed by atoms with E-state index in [1.807, 2.05) is 61.5 Å². The number of ether oxygens (including phenoxy) is 2. The molecule has 6 nitrogen and oxygen atoms in total. The highest BCUT2D eigenvalue weighted by Gasteiger charge is 2.20. The number of hydrogen-bond donors (Lipinski definition) is 1. The van der Waals surface area contributed by atoms with E-state index in [-0.39, 0.29) is 18.3 Å². The van der Waals surface area contributed by atoms with Crippen molar-refractivity contribution in [3.63, 3.8) is 0 Å². The molecule has 0 radical (unpaired) electrons. The average Bonchev–Trinajstić information content (AvgIpc) is 3.27. The van der Waals surface area contributed by atoms with Gasteiger partial charge in [0, 0.05) is 10.3 Å². The van der Waals surface area contributed by atoms with Gasteiger partial charge in [-0.3, -0.25) is 4.79 Å². The third-order valence-corrected chi connectivity index (χ3v) is 7.11. The predicted molar refractivity (Wildman–Crippen MR) is 138 cm³/mol. The summed E-state index contributed by atoms with van der Waals surface area (Å²) >= 11 is 2.69. The van der Waals surface area contributed by atoms with Crippen LogP contribution in [0, 0.1) is 6.92 Å². The Morgan fingerprint density at radius 2 is 1.88 bits per heavy atom. The third kappa shape index (κ3) is 5.24. The number of benzene rings is 2. The summed E-state index contributed by atoms with van der Waals surface area (Å²) in [5.74, 6) is 0.159. The van der Waals surface area contributed by atoms with E-state index >= 15 is 0 Å². The fourth-order valence-electron chi connectivity index (χ4n) is 3.49. The minimum absolute atomic E-state index is 0.147. The lowest BCUT2D eigenvalue weighted by molar-refractivity contribution is -0.113. The van der Waals surface area contributed by atoms with Crippen molar-refractivity contribution in [1.29, 1.82) is 0 Å². The van der Waals surface area contributed by atoms with Crippen molar-refractivity contribution in [2.24, 2.45) is 0 Å². The van der Waals surface area contributed by atoms with Crippen molar-refractivity contribution in [3.8, 4) is 16.2 Å². The summed E-state index contributed by atoms with van der Waals surface area (Å²) in [6.07, 6.45) is 0. The Morgan fingerprint density at radius 1 is 1.09 bits per heavy atom. The molecule has 1 amide bonds. The third-order valence-electron chi connectivity index (χ3n) is 5.10. The van der Waals surface area contributed by atoms with Gasteiger partial charge in [0.25, 0.3) is 0 Å². The predicted octanol–water partition coefficient (Wildman–Crippen LogP) is 6.19. The van der Waals surface area contributed by atoms with E-state index in [0.29, 0.717) is 16.3 Å². The molecule has 34 heavy (non-hydrogen) atoms. The van der Waals surface area contributed by atoms with Crippen LogP contribution >= 0.6 is 23.1 Å². The number of aromatic nitrogens is 1. The fourth-order valence-corrected chi connectivity index (χ4v) is 5.33. The van der Waals surface area contributed by atoms with Gasteiger partial charge in [0.2, 0.25) is 5.91 Å². The summed E-state index contributed by atoms with van der Waals surface area (Å²) < 4.78 is 10.6. The molecular weight excluding hydrogens is 468 g/mol. The summed E-state index contributed by atoms with van der Waals surface area (Å²) in [4.78, 5) is 30.9. The molecule has 0 aliphatic heterocycles. The number of thioether (sulfide) groups is 1. The molecule has 0 spiro atoms. The van der Waals surface area contributed by atoms with Crippen LogP contribution in [0.15, 0.2) is 65.7 Å². The molecule has 0 bridgehead atoms. The smallest absolute Gasteiger partial charge is 0.341 e. The van der Waals surface area contributed by atoms with Crippen molar-refractivity contribution in [1.82, 2.24) is 4.98 Å². The number of aryl methyl sites for hydroxylation is 1. The van der Waals surface area contributed by atoms with Crippen LogP contribution in [-0.4, -0.2) is 36.3 Å². The first-order valence-corrected chi connectivity index (χ1v) is 12.5. The first kappa shape index (κ1) is 23.8. The van der Waals surface area contributed by atoms with Crippen molar-refractivity contribution < 1.29 is 19.1 Å². The summed E-state index contributed by atoms with van der Waals surface area (Å²) in [6, 6.07) is 19.2. The summed E-state index contributed by atoms with van der Waals surface area (Å²) in [5.41, 5.74) is 3.15. The van der Waals surface area contributed by atoms with Crippen LogP contribution in [0.3, 0.4) is 0 Å². The maximum absolute atomic E-state index is 12.8. The average molecular weight is 493 g/mol. The Morgan fingerprint density at radius 3 is 2.62 bits per heavy atom. The largest absolute Gasteiger partial charge is 0.494 e. The molecule has 0 saturated carbocycles. The van der Waals surface area contributed by atoms with Gasteiger partial charge in [-0.15, -0.1) is 11.3 Å². The highest BCUT2D eigenvalue weighted by atomic mass is 32.2. The van der Waals surface area contributed by atoms with Gasteiger partial charge in [-0.25, -0.2) is 9.78 Å². The zero-order valence-corrected chi connectivity index (χ0v) is 20.7. The minimum atomic E-state index is -0.456. The number of anilines is 1. The molecule has 2 aromatic heterocycles. The number of carbonyl (C=O) groups excluding carboxylic acids is 2. The van der Waals surface area contributed by atoms with Crippen molar-refractivity contribution in [2.75, 3.05) is 24.8 Å². The number of amides is 1. The fraction of sp³-hybridized carbons (Fsp3) is 0.192. The van der Waals surface area contributed by atoms with Crippen molar-refractivity contribution in [3.05, 3.63) is 71.8 Å². The first-order chi connectivity index (χ1) is 16.5. The van der Waals surface area contributed by atoms with Crippen LogP contribution in [0.25, 0.3) is 21.3 Å². The van der Waals surface area contributed by atoms with Crippen LogP contribution in [0.4, 0.5) is 5.00 Å². The normalized spacial score (nSPS) is 10.8. The number of pyridine rings is 1. The van der Waals surface area contributed by atoms with E-state index in [1.165, 1.54) is 23.1 Å². The van der Waals surface area contributed by atoms with E-state index in [1.54, 1.807) is 20.1 Å². The lowest BCUT2D eigenvalue weighted by Gasteiger charge is -2.10. The Bertz CT molecular complexity index is 1340. The van der Waals surface area contributed by atoms with Crippen LogP contribution in [0.1, 0.15) is 22.8 Å². The van der Waals surface area contributed by atoms with Gasteiger partial charge in [-0.2, -0.15) is 0 Å². The highest BCUT2D eigenvalue weighted by Crippen LogP contribution is 2.36. The monoisotopic (exact) mass is 492 g/mol. The Balaban J connectivity index is 1.53. The molecule has 0 unspecified atom stereocenters. The minimum Gasteiger partial charge on any atom is -0.494 e. The molecule has 0 aliphatic carbocycles. The van der Waals surface area contributed by atoms with Gasteiger partial charge in [0.05, 0.1) is 30.1 Å². The molecule has 0 fully saturated rings. The van der Waals surface area contributed by atoms with E-state index in [2.05, 4.69) is 10.3 Å².